The van der Waals surface area contributed by atoms with Gasteiger partial charge < -0.3 is 0 Å². The first kappa shape index (κ1) is 25.0. The summed E-state index contributed by atoms with van der Waals surface area (Å²) in [6.07, 6.45) is 1.97. The number of nitrogens with one attached hydrogen (secondary N) is 2. The number of rotatable bonds is 8. The Bertz CT molecular complexity index is 1420. The van der Waals surface area contributed by atoms with E-state index in [-0.39, 0.29) is 11.8 Å². The van der Waals surface area contributed by atoms with Crippen LogP contribution in [0.2, 0.25) is 0 Å². The normalized spacial score (nSPS) is 10.9. The van der Waals surface area contributed by atoms with Crippen molar-refractivity contribution in [2.45, 2.75) is 26.7 Å². The summed E-state index contributed by atoms with van der Waals surface area (Å²) in [5.41, 5.74) is 6.18. The average Bonchev–Trinajstić information content (AvgIpc) is 3.70. The molecule has 0 saturated heterocycles. The van der Waals surface area contributed by atoms with Crippen LogP contribution >= 0.6 is 34.0 Å². The molecule has 0 spiro atoms. The lowest BCUT2D eigenvalue weighted by atomic mass is 10.1. The van der Waals surface area contributed by atoms with Crippen LogP contribution in [0.15, 0.2) is 71.4 Å². The summed E-state index contributed by atoms with van der Waals surface area (Å²) in [6, 6.07) is 19.8. The topological polar surface area (TPSA) is 84.0 Å². The van der Waals surface area contributed by atoms with Gasteiger partial charge in [-0.2, -0.15) is 0 Å². The zero-order valence-corrected chi connectivity index (χ0v) is 22.7. The van der Waals surface area contributed by atoms with Gasteiger partial charge in [0, 0.05) is 21.9 Å². The maximum absolute atomic E-state index is 12.8. The average molecular weight is 545 g/mol. The van der Waals surface area contributed by atoms with E-state index in [1.54, 1.807) is 12.1 Å². The van der Waals surface area contributed by atoms with E-state index < -0.39 is 0 Å². The van der Waals surface area contributed by atoms with Crippen LogP contribution in [0.5, 0.6) is 0 Å². The molecule has 37 heavy (non-hydrogen) atoms. The highest BCUT2D eigenvalue weighted by Crippen LogP contribution is 2.28. The fourth-order valence-electron chi connectivity index (χ4n) is 3.65. The molecule has 2 amide bonds. The van der Waals surface area contributed by atoms with Gasteiger partial charge in [0.25, 0.3) is 11.8 Å². The summed E-state index contributed by atoms with van der Waals surface area (Å²) in [7, 11) is 0. The first-order chi connectivity index (χ1) is 18.0. The zero-order valence-electron chi connectivity index (χ0n) is 20.3. The van der Waals surface area contributed by atoms with Crippen molar-refractivity contribution in [1.29, 1.82) is 0 Å². The molecule has 0 atom stereocenters. The molecule has 0 unspecified atom stereocenters. The Balaban J connectivity index is 1.20. The number of nitrogens with zero attached hydrogens (tertiary/aromatic N) is 2. The molecule has 6 nitrogen and oxygen atoms in total. The number of aromatic nitrogens is 2. The second-order valence-electron chi connectivity index (χ2n) is 8.25. The molecule has 0 aliphatic carbocycles. The van der Waals surface area contributed by atoms with Crippen LogP contribution in [0.3, 0.4) is 0 Å². The summed E-state index contributed by atoms with van der Waals surface area (Å²) in [5.74, 6) is -0.586. The molecular weight excluding hydrogens is 521 g/mol. The largest absolute Gasteiger partial charge is 0.297 e. The van der Waals surface area contributed by atoms with E-state index in [2.05, 4.69) is 58.7 Å². The van der Waals surface area contributed by atoms with Gasteiger partial charge in [0.15, 0.2) is 10.3 Å². The lowest BCUT2D eigenvalue weighted by molar-refractivity contribution is 0.102. The summed E-state index contributed by atoms with van der Waals surface area (Å²) in [5, 5.41) is 10.6. The van der Waals surface area contributed by atoms with Gasteiger partial charge in [-0.1, -0.05) is 62.4 Å². The number of carbonyl (C=O) groups is 2. The van der Waals surface area contributed by atoms with Gasteiger partial charge in [-0.25, -0.2) is 9.97 Å². The highest BCUT2D eigenvalue weighted by atomic mass is 32.1. The van der Waals surface area contributed by atoms with E-state index in [0.717, 1.165) is 46.7 Å². The van der Waals surface area contributed by atoms with Gasteiger partial charge in [-0.15, -0.1) is 34.0 Å². The molecule has 0 radical (unpaired) electrons. The minimum Gasteiger partial charge on any atom is -0.297 e. The smallest absolute Gasteiger partial charge is 0.267 e. The zero-order chi connectivity index (χ0) is 25.8. The number of amides is 2. The van der Waals surface area contributed by atoms with Crippen molar-refractivity contribution in [3.63, 3.8) is 0 Å². The summed E-state index contributed by atoms with van der Waals surface area (Å²) >= 11 is 3.87. The third-order valence-electron chi connectivity index (χ3n) is 5.82. The van der Waals surface area contributed by atoms with Crippen LogP contribution in [0.25, 0.3) is 22.5 Å². The summed E-state index contributed by atoms with van der Waals surface area (Å²) < 4.78 is 0. The van der Waals surface area contributed by atoms with Crippen molar-refractivity contribution in [2.75, 3.05) is 10.6 Å². The Kier molecular flexibility index (Phi) is 7.55. The van der Waals surface area contributed by atoms with Gasteiger partial charge in [0.05, 0.1) is 21.1 Å². The van der Waals surface area contributed by atoms with Crippen LogP contribution < -0.4 is 10.6 Å². The predicted octanol–water partition coefficient (Wildman–Crippen LogP) is 7.62. The van der Waals surface area contributed by atoms with Gasteiger partial charge >= 0.3 is 0 Å². The van der Waals surface area contributed by atoms with Gasteiger partial charge in [0.1, 0.15) is 0 Å². The second kappa shape index (κ2) is 11.2. The Morgan fingerprint density at radius 2 is 1.05 bits per heavy atom. The minimum absolute atomic E-state index is 0.293. The Morgan fingerprint density at radius 1 is 0.649 bits per heavy atom. The SMILES string of the molecule is CCc1ccc(-c2csc(NC(=O)c3ccc(C(=O)Nc4nc(-c5ccc(CC)cc5)cs4)s3)n2)cc1. The number of hydrogen-bond acceptors (Lipinski definition) is 7. The van der Waals surface area contributed by atoms with Crippen LogP contribution in [-0.2, 0) is 12.8 Å². The highest BCUT2D eigenvalue weighted by molar-refractivity contribution is 7.17. The molecule has 5 rings (SSSR count). The quantitative estimate of drug-likeness (QED) is 0.210. The first-order valence-corrected chi connectivity index (χ1v) is 14.4. The lowest BCUT2D eigenvalue weighted by Gasteiger charge is -2.01. The Morgan fingerprint density at radius 3 is 1.43 bits per heavy atom. The van der Waals surface area contributed by atoms with E-state index in [1.807, 2.05) is 35.0 Å². The van der Waals surface area contributed by atoms with Crippen LogP contribution in [-0.4, -0.2) is 21.8 Å². The van der Waals surface area contributed by atoms with Crippen LogP contribution in [0.4, 0.5) is 10.3 Å². The third-order valence-corrected chi connectivity index (χ3v) is 8.42. The molecule has 0 aliphatic heterocycles. The van der Waals surface area contributed by atoms with Gasteiger partial charge in [-0.3, -0.25) is 20.2 Å². The van der Waals surface area contributed by atoms with Crippen molar-refractivity contribution < 1.29 is 9.59 Å². The van der Waals surface area contributed by atoms with E-state index >= 15 is 0 Å². The van der Waals surface area contributed by atoms with Crippen molar-refractivity contribution in [3.8, 4) is 22.5 Å². The van der Waals surface area contributed by atoms with Crippen molar-refractivity contribution in [2.24, 2.45) is 0 Å². The molecule has 2 N–H and O–H groups in total. The molecule has 0 bridgehead atoms. The lowest BCUT2D eigenvalue weighted by Crippen LogP contribution is -2.11. The first-order valence-electron chi connectivity index (χ1n) is 11.8. The molecule has 3 heterocycles. The van der Waals surface area contributed by atoms with E-state index in [1.165, 1.54) is 33.8 Å². The van der Waals surface area contributed by atoms with E-state index in [4.69, 9.17) is 0 Å². The van der Waals surface area contributed by atoms with Crippen molar-refractivity contribution in [3.05, 3.63) is 92.3 Å². The van der Waals surface area contributed by atoms with Crippen LogP contribution in [0, 0.1) is 0 Å². The Hall–Kier alpha value is -3.66. The Labute approximate surface area is 227 Å². The maximum Gasteiger partial charge on any atom is 0.267 e. The number of anilines is 2. The van der Waals surface area contributed by atoms with E-state index in [0.29, 0.717) is 20.0 Å². The number of aryl methyl sites for hydroxylation is 2. The fourth-order valence-corrected chi connectivity index (χ4v) is 5.88. The molecule has 0 aliphatic rings. The summed E-state index contributed by atoms with van der Waals surface area (Å²) in [4.78, 5) is 35.5. The second-order valence-corrected chi connectivity index (χ2v) is 11.0. The number of carbonyl (C=O) groups excluding carboxylic acids is 2. The molecule has 0 fully saturated rings. The number of thiophene rings is 1. The number of thiazole rings is 2. The molecule has 2 aromatic carbocycles. The maximum atomic E-state index is 12.8. The molecule has 5 aromatic rings. The monoisotopic (exact) mass is 544 g/mol. The van der Waals surface area contributed by atoms with Crippen molar-refractivity contribution in [1.82, 2.24) is 9.97 Å². The van der Waals surface area contributed by atoms with E-state index in [9.17, 15) is 9.59 Å². The molecule has 186 valence electrons. The summed E-state index contributed by atoms with van der Waals surface area (Å²) in [6.45, 7) is 4.24. The van der Waals surface area contributed by atoms with Gasteiger partial charge in [-0.05, 0) is 36.1 Å². The standard InChI is InChI=1S/C28H24N4O2S3/c1-3-17-5-9-19(10-6-17)21-15-35-27(29-21)31-25(33)23-13-14-24(37-23)26(34)32-28-30-22(16-36-28)20-11-7-18(4-2)8-12-20/h5-16H,3-4H2,1-2H3,(H,29,31,33)(H,30,32,34). The van der Waals surface area contributed by atoms with Crippen LogP contribution in [0.1, 0.15) is 44.3 Å². The number of hydrogen-bond donors (Lipinski definition) is 2. The third kappa shape index (κ3) is 5.85. The fraction of sp³-hybridized carbons (Fsp3) is 0.143. The minimum atomic E-state index is -0.293. The molecule has 0 saturated carbocycles. The highest BCUT2D eigenvalue weighted by Gasteiger charge is 2.17. The predicted molar refractivity (Wildman–Crippen MR) is 154 cm³/mol. The number of benzene rings is 2. The molecule has 3 aromatic heterocycles. The van der Waals surface area contributed by atoms with Crippen molar-refractivity contribution >= 4 is 56.1 Å². The van der Waals surface area contributed by atoms with Gasteiger partial charge in [0.2, 0.25) is 0 Å². The molecular formula is C28H24N4O2S3. The molecule has 9 heteroatoms.